The quantitative estimate of drug-likeness (QED) is 0.706. The second kappa shape index (κ2) is 5.19. The number of aromatic nitrogens is 1. The molecule has 0 spiro atoms. The monoisotopic (exact) mass is 289 g/mol. The number of ether oxygens (including phenoxy) is 1. The molecule has 3 rings (SSSR count). The van der Waals surface area contributed by atoms with Crippen LogP contribution in [-0.4, -0.2) is 12.1 Å². The fraction of sp³-hybridized carbons (Fsp3) is 0.133. The molecule has 0 bridgehead atoms. The van der Waals surface area contributed by atoms with Crippen molar-refractivity contribution in [1.82, 2.24) is 4.98 Å². The first-order chi connectivity index (χ1) is 9.24. The van der Waals surface area contributed by atoms with Crippen molar-refractivity contribution in [1.29, 1.82) is 0 Å². The third-order valence-corrected chi connectivity index (χ3v) is 4.20. The van der Waals surface area contributed by atoms with E-state index in [-0.39, 0.29) is 0 Å². The van der Waals surface area contributed by atoms with E-state index in [4.69, 9.17) is 16.3 Å². The predicted molar refractivity (Wildman–Crippen MR) is 80.4 cm³/mol. The SMILES string of the molecule is COc1ccc2sc(Cc3ccc(Cl)cc3)nc2c1. The molecule has 96 valence electrons. The Morgan fingerprint density at radius 2 is 1.95 bits per heavy atom. The van der Waals surface area contributed by atoms with Gasteiger partial charge in [0.2, 0.25) is 0 Å². The van der Waals surface area contributed by atoms with Gasteiger partial charge in [-0.1, -0.05) is 23.7 Å². The van der Waals surface area contributed by atoms with Crippen molar-refractivity contribution in [2.24, 2.45) is 0 Å². The Hall–Kier alpha value is -1.58. The number of fused-ring (bicyclic) bond motifs is 1. The number of rotatable bonds is 3. The van der Waals surface area contributed by atoms with Crippen molar-refractivity contribution in [3.8, 4) is 5.75 Å². The van der Waals surface area contributed by atoms with Gasteiger partial charge in [0.1, 0.15) is 5.75 Å². The molecule has 4 heteroatoms. The molecular weight excluding hydrogens is 278 g/mol. The fourth-order valence-corrected chi connectivity index (χ4v) is 3.04. The lowest BCUT2D eigenvalue weighted by molar-refractivity contribution is 0.415. The smallest absolute Gasteiger partial charge is 0.121 e. The maximum absolute atomic E-state index is 5.89. The molecule has 0 aliphatic rings. The van der Waals surface area contributed by atoms with Crippen molar-refractivity contribution in [3.05, 3.63) is 58.1 Å². The lowest BCUT2D eigenvalue weighted by Crippen LogP contribution is -1.86. The number of methoxy groups -OCH3 is 1. The third-order valence-electron chi connectivity index (χ3n) is 2.91. The van der Waals surface area contributed by atoms with Crippen LogP contribution >= 0.6 is 22.9 Å². The Kier molecular flexibility index (Phi) is 3.40. The molecule has 0 fully saturated rings. The van der Waals surface area contributed by atoms with Gasteiger partial charge in [-0.2, -0.15) is 0 Å². The largest absolute Gasteiger partial charge is 0.497 e. The molecule has 3 aromatic rings. The Balaban J connectivity index is 1.90. The topological polar surface area (TPSA) is 22.1 Å². The van der Waals surface area contributed by atoms with Crippen LogP contribution in [-0.2, 0) is 6.42 Å². The van der Waals surface area contributed by atoms with Crippen molar-refractivity contribution < 1.29 is 4.74 Å². The van der Waals surface area contributed by atoms with Crippen LogP contribution in [0.2, 0.25) is 5.02 Å². The summed E-state index contributed by atoms with van der Waals surface area (Å²) in [4.78, 5) is 4.64. The van der Waals surface area contributed by atoms with Gasteiger partial charge >= 0.3 is 0 Å². The fourth-order valence-electron chi connectivity index (χ4n) is 1.93. The molecule has 2 nitrogen and oxygen atoms in total. The highest BCUT2D eigenvalue weighted by Crippen LogP contribution is 2.27. The molecule has 19 heavy (non-hydrogen) atoms. The number of halogens is 1. The standard InChI is InChI=1S/C15H12ClNOS/c1-18-12-6-7-14-13(9-12)17-15(19-14)8-10-2-4-11(16)5-3-10/h2-7,9H,8H2,1H3. The average molecular weight is 290 g/mol. The third kappa shape index (κ3) is 2.72. The Morgan fingerprint density at radius 3 is 2.68 bits per heavy atom. The second-order valence-corrected chi connectivity index (χ2v) is 5.80. The van der Waals surface area contributed by atoms with Crippen LogP contribution < -0.4 is 4.74 Å². The molecular formula is C15H12ClNOS. The van der Waals surface area contributed by atoms with E-state index in [0.29, 0.717) is 0 Å². The number of benzene rings is 2. The summed E-state index contributed by atoms with van der Waals surface area (Å²) in [5, 5.41) is 1.86. The van der Waals surface area contributed by atoms with Gasteiger partial charge in [-0.15, -0.1) is 11.3 Å². The van der Waals surface area contributed by atoms with Gasteiger partial charge in [0.15, 0.2) is 0 Å². The Labute approximate surface area is 120 Å². The zero-order chi connectivity index (χ0) is 13.2. The van der Waals surface area contributed by atoms with Gasteiger partial charge in [-0.05, 0) is 29.8 Å². The summed E-state index contributed by atoms with van der Waals surface area (Å²) in [6.45, 7) is 0. The molecule has 0 unspecified atom stereocenters. The van der Waals surface area contributed by atoms with Crippen molar-refractivity contribution >= 4 is 33.2 Å². The minimum atomic E-state index is 0.762. The maximum Gasteiger partial charge on any atom is 0.121 e. The first kappa shape index (κ1) is 12.5. The van der Waals surface area contributed by atoms with Gasteiger partial charge in [-0.3, -0.25) is 0 Å². The highest BCUT2D eigenvalue weighted by atomic mass is 35.5. The summed E-state index contributed by atoms with van der Waals surface area (Å²) in [5.41, 5.74) is 2.21. The number of nitrogens with zero attached hydrogens (tertiary/aromatic N) is 1. The van der Waals surface area contributed by atoms with E-state index in [1.165, 1.54) is 10.3 Å². The Bertz CT molecular complexity index is 706. The van der Waals surface area contributed by atoms with Crippen LogP contribution in [0, 0.1) is 0 Å². The van der Waals surface area contributed by atoms with Crippen LogP contribution in [0.25, 0.3) is 10.2 Å². The molecule has 1 aromatic heterocycles. The zero-order valence-electron chi connectivity index (χ0n) is 10.4. The Morgan fingerprint density at radius 1 is 1.16 bits per heavy atom. The van der Waals surface area contributed by atoms with Crippen LogP contribution in [0.4, 0.5) is 0 Å². The number of thiazole rings is 1. The van der Waals surface area contributed by atoms with Crippen molar-refractivity contribution in [2.45, 2.75) is 6.42 Å². The average Bonchev–Trinajstić information content (AvgIpc) is 2.82. The van der Waals surface area contributed by atoms with Crippen LogP contribution in [0.15, 0.2) is 42.5 Å². The van der Waals surface area contributed by atoms with E-state index in [2.05, 4.69) is 11.1 Å². The molecule has 0 aliphatic carbocycles. The molecule has 0 N–H and O–H groups in total. The highest BCUT2D eigenvalue weighted by Gasteiger charge is 2.06. The van der Waals surface area contributed by atoms with Gasteiger partial charge < -0.3 is 4.74 Å². The minimum Gasteiger partial charge on any atom is -0.497 e. The van der Waals surface area contributed by atoms with E-state index in [0.717, 1.165) is 27.7 Å². The zero-order valence-corrected chi connectivity index (χ0v) is 12.0. The summed E-state index contributed by atoms with van der Waals surface area (Å²) in [5.74, 6) is 0.843. The molecule has 0 amide bonds. The van der Waals surface area contributed by atoms with Gasteiger partial charge in [-0.25, -0.2) is 4.98 Å². The molecule has 0 radical (unpaired) electrons. The molecule has 0 saturated heterocycles. The number of hydrogen-bond acceptors (Lipinski definition) is 3. The number of hydrogen-bond donors (Lipinski definition) is 0. The summed E-state index contributed by atoms with van der Waals surface area (Å²) in [6.07, 6.45) is 0.832. The van der Waals surface area contributed by atoms with E-state index < -0.39 is 0 Å². The van der Waals surface area contributed by atoms with Gasteiger partial charge in [0.25, 0.3) is 0 Å². The molecule has 0 atom stereocenters. The first-order valence-electron chi connectivity index (χ1n) is 5.92. The van der Waals surface area contributed by atoms with E-state index in [9.17, 15) is 0 Å². The summed E-state index contributed by atoms with van der Waals surface area (Å²) >= 11 is 7.60. The van der Waals surface area contributed by atoms with Crippen LogP contribution in [0.1, 0.15) is 10.6 Å². The van der Waals surface area contributed by atoms with E-state index in [1.807, 2.05) is 36.4 Å². The minimum absolute atomic E-state index is 0.762. The summed E-state index contributed by atoms with van der Waals surface area (Å²) < 4.78 is 6.40. The maximum atomic E-state index is 5.89. The van der Waals surface area contributed by atoms with Crippen LogP contribution in [0.5, 0.6) is 5.75 Å². The normalized spacial score (nSPS) is 10.8. The molecule has 1 heterocycles. The van der Waals surface area contributed by atoms with E-state index in [1.54, 1.807) is 18.4 Å². The molecule has 2 aromatic carbocycles. The molecule has 0 saturated carbocycles. The lowest BCUT2D eigenvalue weighted by atomic mass is 10.2. The van der Waals surface area contributed by atoms with E-state index >= 15 is 0 Å². The van der Waals surface area contributed by atoms with Crippen LogP contribution in [0.3, 0.4) is 0 Å². The predicted octanol–water partition coefficient (Wildman–Crippen LogP) is 4.55. The second-order valence-electron chi connectivity index (χ2n) is 4.24. The molecule has 0 aliphatic heterocycles. The first-order valence-corrected chi connectivity index (χ1v) is 7.12. The lowest BCUT2D eigenvalue weighted by Gasteiger charge is -1.97. The highest BCUT2D eigenvalue weighted by molar-refractivity contribution is 7.18. The summed E-state index contributed by atoms with van der Waals surface area (Å²) in [6, 6.07) is 13.9. The van der Waals surface area contributed by atoms with Gasteiger partial charge in [0.05, 0.1) is 22.3 Å². The van der Waals surface area contributed by atoms with Crippen molar-refractivity contribution in [2.75, 3.05) is 7.11 Å². The van der Waals surface area contributed by atoms with Crippen molar-refractivity contribution in [3.63, 3.8) is 0 Å². The van der Waals surface area contributed by atoms with Gasteiger partial charge in [0, 0.05) is 17.5 Å². The summed E-state index contributed by atoms with van der Waals surface area (Å²) in [7, 11) is 1.67.